The van der Waals surface area contributed by atoms with Crippen LogP contribution in [-0.2, 0) is 0 Å². The molecule has 0 radical (unpaired) electrons. The van der Waals surface area contributed by atoms with Crippen LogP contribution in [0.4, 0.5) is 17.2 Å². The molecule has 168 valence electrons. The van der Waals surface area contributed by atoms with E-state index in [9.17, 15) is 44.8 Å². The number of nitrogens with two attached hydrogens (primary N) is 1. The summed E-state index contributed by atoms with van der Waals surface area (Å²) in [6.45, 7) is 0. The number of hydrogen-bond donors (Lipinski definition) is 4. The highest BCUT2D eigenvalue weighted by Crippen LogP contribution is 2.36. The van der Waals surface area contributed by atoms with Gasteiger partial charge in [-0.1, -0.05) is 12.1 Å². The number of aromatic nitrogens is 1. The molecule has 0 amide bonds. The Kier molecular flexibility index (Phi) is 5.75. The molecule has 5 N–H and O–H groups in total. The molecule has 0 aliphatic heterocycles. The minimum absolute atomic E-state index is 0.00210. The number of rotatable bonds is 7. The third-order valence-corrected chi connectivity index (χ3v) is 4.39. The number of ether oxygens (including phenoxy) is 1. The number of aromatic amines is 1. The molecule has 3 rings (SSSR count). The second kappa shape index (κ2) is 8.46. The van der Waals surface area contributed by atoms with Crippen LogP contribution in [0.2, 0.25) is 0 Å². The summed E-state index contributed by atoms with van der Waals surface area (Å²) in [6.07, 6.45) is 0. The number of nitro groups is 2. The lowest BCUT2D eigenvalue weighted by Gasteiger charge is -2.13. The molecule has 0 atom stereocenters. The Balaban J connectivity index is 2.08. The maximum Gasteiger partial charge on any atom is 0.342 e. The average molecular weight is 456 g/mol. The minimum Gasteiger partial charge on any atom is -0.478 e. The van der Waals surface area contributed by atoms with Crippen LogP contribution in [0.25, 0.3) is 11.1 Å². The van der Waals surface area contributed by atoms with Crippen molar-refractivity contribution in [1.82, 2.24) is 4.98 Å². The Morgan fingerprint density at radius 1 is 0.939 bits per heavy atom. The van der Waals surface area contributed by atoms with Gasteiger partial charge in [0.1, 0.15) is 22.7 Å². The summed E-state index contributed by atoms with van der Waals surface area (Å²) in [5.41, 5.74) is 1.35. The molecule has 0 spiro atoms. The maximum atomic E-state index is 12.1. The maximum absolute atomic E-state index is 12.1. The van der Waals surface area contributed by atoms with Crippen LogP contribution in [0, 0.1) is 20.2 Å². The van der Waals surface area contributed by atoms with E-state index in [1.165, 1.54) is 24.3 Å². The van der Waals surface area contributed by atoms with E-state index >= 15 is 0 Å². The number of pyridine rings is 1. The third kappa shape index (κ3) is 4.29. The van der Waals surface area contributed by atoms with Crippen molar-refractivity contribution in [3.05, 3.63) is 84.2 Å². The van der Waals surface area contributed by atoms with E-state index in [2.05, 4.69) is 0 Å². The molecular weight excluding hydrogens is 444 g/mol. The molecular formula is C19H12N4O10. The Bertz CT molecular complexity index is 1380. The number of nitrogens with one attached hydrogen (secondary N) is 1. The topological polar surface area (TPSA) is 229 Å². The predicted molar refractivity (Wildman–Crippen MR) is 111 cm³/mol. The summed E-state index contributed by atoms with van der Waals surface area (Å²) in [6, 6.07) is 7.67. The van der Waals surface area contributed by atoms with Crippen LogP contribution >= 0.6 is 0 Å². The van der Waals surface area contributed by atoms with Gasteiger partial charge >= 0.3 is 17.6 Å². The smallest absolute Gasteiger partial charge is 0.342 e. The van der Waals surface area contributed by atoms with E-state index in [0.29, 0.717) is 0 Å². The fourth-order valence-electron chi connectivity index (χ4n) is 3.00. The number of aromatic carboxylic acids is 2. The summed E-state index contributed by atoms with van der Waals surface area (Å²) in [5.74, 6) is -4.12. The number of nitrogens with zero attached hydrogens (tertiary/aromatic N) is 2. The van der Waals surface area contributed by atoms with E-state index in [0.717, 1.165) is 18.2 Å². The van der Waals surface area contributed by atoms with Crippen molar-refractivity contribution in [1.29, 1.82) is 0 Å². The first-order chi connectivity index (χ1) is 15.5. The first-order valence-electron chi connectivity index (χ1n) is 8.74. The number of hydrogen-bond acceptors (Lipinski definition) is 9. The second-order valence-corrected chi connectivity index (χ2v) is 6.40. The monoisotopic (exact) mass is 456 g/mol. The number of H-pyrrole nitrogens is 1. The number of anilines is 1. The van der Waals surface area contributed by atoms with Gasteiger partial charge in [0.05, 0.1) is 15.9 Å². The summed E-state index contributed by atoms with van der Waals surface area (Å²) < 4.78 is 5.41. The summed E-state index contributed by atoms with van der Waals surface area (Å²) in [4.78, 5) is 57.7. The van der Waals surface area contributed by atoms with Crippen molar-refractivity contribution >= 4 is 29.1 Å². The molecule has 0 aliphatic rings. The lowest BCUT2D eigenvalue weighted by Crippen LogP contribution is -2.24. The number of carboxylic acids is 2. The second-order valence-electron chi connectivity index (χ2n) is 6.40. The van der Waals surface area contributed by atoms with Gasteiger partial charge in [-0.3, -0.25) is 25.0 Å². The minimum atomic E-state index is -1.68. The summed E-state index contributed by atoms with van der Waals surface area (Å²) in [5, 5.41) is 41.0. The molecule has 1 heterocycles. The molecule has 0 unspecified atom stereocenters. The lowest BCUT2D eigenvalue weighted by atomic mass is 9.95. The van der Waals surface area contributed by atoms with Gasteiger partial charge in [-0.15, -0.1) is 0 Å². The molecule has 0 bridgehead atoms. The fraction of sp³-hybridized carbons (Fsp3) is 0. The van der Waals surface area contributed by atoms with Crippen LogP contribution in [-0.4, -0.2) is 37.0 Å². The van der Waals surface area contributed by atoms with Crippen molar-refractivity contribution < 1.29 is 34.4 Å². The first kappa shape index (κ1) is 22.4. The average Bonchev–Trinajstić information content (AvgIpc) is 2.73. The Morgan fingerprint density at radius 2 is 1.55 bits per heavy atom. The number of benzene rings is 2. The first-order valence-corrected chi connectivity index (χ1v) is 8.74. The Morgan fingerprint density at radius 3 is 2.06 bits per heavy atom. The number of nitrogen functional groups attached to an aromatic ring is 1. The molecule has 0 aliphatic carbocycles. The highest BCUT2D eigenvalue weighted by atomic mass is 16.6. The fourth-order valence-corrected chi connectivity index (χ4v) is 3.00. The molecule has 0 fully saturated rings. The largest absolute Gasteiger partial charge is 0.478 e. The number of carboxylic acid groups (broad SMARTS) is 2. The molecule has 0 saturated carbocycles. The highest BCUT2D eigenvalue weighted by molar-refractivity contribution is 6.07. The van der Waals surface area contributed by atoms with Crippen LogP contribution in [0.3, 0.4) is 0 Å². The molecule has 2 aromatic carbocycles. The molecule has 3 aromatic rings. The molecule has 0 saturated heterocycles. The van der Waals surface area contributed by atoms with Crippen LogP contribution in [0.1, 0.15) is 20.7 Å². The number of nitro benzene ring substituents is 2. The van der Waals surface area contributed by atoms with Crippen LogP contribution < -0.4 is 16.0 Å². The SMILES string of the molecule is Nc1[nH]c(=O)c(C(=O)O)c(-c2ccc(Oc3ccc([N+](=O)[O-])cc3[N+](=O)[O-])cc2)c1C(=O)O. The van der Waals surface area contributed by atoms with Crippen LogP contribution in [0.15, 0.2) is 47.3 Å². The van der Waals surface area contributed by atoms with Crippen LogP contribution in [0.5, 0.6) is 11.5 Å². The molecule has 33 heavy (non-hydrogen) atoms. The van der Waals surface area contributed by atoms with Gasteiger partial charge in [-0.05, 0) is 23.8 Å². The van der Waals surface area contributed by atoms with Gasteiger partial charge in [0.2, 0.25) is 5.75 Å². The zero-order valence-electron chi connectivity index (χ0n) is 16.2. The highest BCUT2D eigenvalue weighted by Gasteiger charge is 2.27. The van der Waals surface area contributed by atoms with Gasteiger partial charge < -0.3 is 25.7 Å². The number of carbonyl (C=O) groups is 2. The molecule has 1 aromatic heterocycles. The van der Waals surface area contributed by atoms with E-state index in [1.807, 2.05) is 4.98 Å². The quantitative estimate of drug-likeness (QED) is 0.298. The van der Waals surface area contributed by atoms with Crippen molar-refractivity contribution in [3.63, 3.8) is 0 Å². The summed E-state index contributed by atoms with van der Waals surface area (Å²) >= 11 is 0. The standard InChI is InChI=1S/C19H12N4O10/c20-16-14(18(25)26)13(15(19(27)28)17(24)21-16)8-1-4-10(5-2-8)33-12-6-3-9(22(29)30)7-11(12)23(31)32/h1-7H,(H,25,26)(H,27,28)(H3,20,21,24). The van der Waals surface area contributed by atoms with E-state index in [-0.39, 0.29) is 17.1 Å². The van der Waals surface area contributed by atoms with E-state index < -0.39 is 61.2 Å². The van der Waals surface area contributed by atoms with Gasteiger partial charge in [-0.25, -0.2) is 9.59 Å². The normalized spacial score (nSPS) is 10.4. The van der Waals surface area contributed by atoms with E-state index in [1.54, 1.807) is 0 Å². The van der Waals surface area contributed by atoms with Crippen molar-refractivity contribution in [2.75, 3.05) is 5.73 Å². The Hall–Kier alpha value is -5.27. The third-order valence-electron chi connectivity index (χ3n) is 4.39. The lowest BCUT2D eigenvalue weighted by molar-refractivity contribution is -0.394. The van der Waals surface area contributed by atoms with Gasteiger partial charge in [-0.2, -0.15) is 0 Å². The zero-order valence-corrected chi connectivity index (χ0v) is 16.2. The molecule has 14 nitrogen and oxygen atoms in total. The molecule has 14 heteroatoms. The van der Waals surface area contributed by atoms with Crippen molar-refractivity contribution in [2.24, 2.45) is 0 Å². The van der Waals surface area contributed by atoms with Gasteiger partial charge in [0.25, 0.3) is 11.2 Å². The van der Waals surface area contributed by atoms with Gasteiger partial charge in [0.15, 0.2) is 0 Å². The van der Waals surface area contributed by atoms with Crippen molar-refractivity contribution in [2.45, 2.75) is 0 Å². The Labute approximate surface area is 181 Å². The van der Waals surface area contributed by atoms with E-state index in [4.69, 9.17) is 10.5 Å². The number of non-ortho nitro benzene ring substituents is 1. The van der Waals surface area contributed by atoms with Crippen molar-refractivity contribution in [3.8, 4) is 22.6 Å². The summed E-state index contributed by atoms with van der Waals surface area (Å²) in [7, 11) is 0. The zero-order chi connectivity index (χ0) is 24.4. The predicted octanol–water partition coefficient (Wildman–Crippen LogP) is 2.63. The van der Waals surface area contributed by atoms with Gasteiger partial charge in [0, 0.05) is 11.6 Å².